The smallest absolute Gasteiger partial charge is 0.00952 e. The Balaban J connectivity index is 1.88. The van der Waals surface area contributed by atoms with Crippen LogP contribution in [0.2, 0.25) is 0 Å². The molecule has 2 aliphatic rings. The van der Waals surface area contributed by atoms with E-state index in [1.54, 1.807) is 0 Å². The highest BCUT2D eigenvalue weighted by Gasteiger charge is 2.22. The van der Waals surface area contributed by atoms with Crippen LogP contribution >= 0.6 is 0 Å². The minimum atomic E-state index is 0.693. The molecule has 2 fully saturated rings. The first-order chi connectivity index (χ1) is 8.25. The molecule has 0 spiro atoms. The van der Waals surface area contributed by atoms with Crippen LogP contribution < -0.4 is 5.32 Å². The first kappa shape index (κ1) is 13.4. The number of nitrogens with zero attached hydrogens (tertiary/aromatic N) is 1. The Kier molecular flexibility index (Phi) is 5.30. The summed E-state index contributed by atoms with van der Waals surface area (Å²) in [6, 6.07) is 2.28. The van der Waals surface area contributed by atoms with Crippen molar-refractivity contribution in [2.75, 3.05) is 13.1 Å². The summed E-state index contributed by atoms with van der Waals surface area (Å²) in [5, 5.41) is 3.69. The van der Waals surface area contributed by atoms with Crippen molar-refractivity contribution < 1.29 is 0 Å². The topological polar surface area (TPSA) is 15.3 Å². The molecule has 1 saturated carbocycles. The van der Waals surface area contributed by atoms with Crippen LogP contribution in [0.3, 0.4) is 0 Å². The molecule has 0 radical (unpaired) electrons. The zero-order chi connectivity index (χ0) is 12.1. The van der Waals surface area contributed by atoms with Crippen LogP contribution in [0.4, 0.5) is 0 Å². The lowest BCUT2D eigenvalue weighted by Gasteiger charge is -2.36. The number of hydrogen-bond acceptors (Lipinski definition) is 2. The van der Waals surface area contributed by atoms with E-state index >= 15 is 0 Å². The molecule has 2 nitrogen and oxygen atoms in total. The van der Waals surface area contributed by atoms with Gasteiger partial charge >= 0.3 is 0 Å². The molecule has 0 aromatic heterocycles. The van der Waals surface area contributed by atoms with Gasteiger partial charge in [0.25, 0.3) is 0 Å². The molecule has 2 rings (SSSR count). The van der Waals surface area contributed by atoms with Gasteiger partial charge < -0.3 is 10.2 Å². The fourth-order valence-electron chi connectivity index (χ4n) is 3.47. The van der Waals surface area contributed by atoms with Crippen molar-refractivity contribution in [3.05, 3.63) is 0 Å². The lowest BCUT2D eigenvalue weighted by molar-refractivity contribution is 0.149. The second-order valence-corrected chi connectivity index (χ2v) is 6.23. The Hall–Kier alpha value is -0.0800. The van der Waals surface area contributed by atoms with Crippen molar-refractivity contribution >= 4 is 0 Å². The van der Waals surface area contributed by atoms with E-state index in [4.69, 9.17) is 0 Å². The lowest BCUT2D eigenvalue weighted by atomic mass is 10.0. The van der Waals surface area contributed by atoms with Crippen LogP contribution in [0.1, 0.15) is 65.2 Å². The Labute approximate surface area is 107 Å². The van der Waals surface area contributed by atoms with E-state index in [9.17, 15) is 0 Å². The Morgan fingerprint density at radius 2 is 1.29 bits per heavy atom. The summed E-state index contributed by atoms with van der Waals surface area (Å²) in [6.45, 7) is 7.30. The third kappa shape index (κ3) is 4.26. The van der Waals surface area contributed by atoms with Crippen LogP contribution in [0, 0.1) is 0 Å². The Morgan fingerprint density at radius 1 is 0.765 bits per heavy atom. The summed E-state index contributed by atoms with van der Waals surface area (Å²) in [5.41, 5.74) is 0. The van der Waals surface area contributed by atoms with Gasteiger partial charge in [0.05, 0.1) is 0 Å². The van der Waals surface area contributed by atoms with E-state index in [-0.39, 0.29) is 0 Å². The molecule has 1 N–H and O–H groups in total. The zero-order valence-electron chi connectivity index (χ0n) is 11.8. The molecular formula is C15H30N2. The van der Waals surface area contributed by atoms with E-state index in [0.717, 1.165) is 6.04 Å². The van der Waals surface area contributed by atoms with Gasteiger partial charge in [0, 0.05) is 18.1 Å². The van der Waals surface area contributed by atoms with E-state index in [0.29, 0.717) is 12.1 Å². The van der Waals surface area contributed by atoms with E-state index < -0.39 is 0 Å². The summed E-state index contributed by atoms with van der Waals surface area (Å²) in [7, 11) is 0. The van der Waals surface area contributed by atoms with Gasteiger partial charge in [-0.25, -0.2) is 0 Å². The number of nitrogens with one attached hydrogen (secondary N) is 1. The second kappa shape index (κ2) is 6.75. The van der Waals surface area contributed by atoms with Crippen molar-refractivity contribution in [2.24, 2.45) is 0 Å². The van der Waals surface area contributed by atoms with Gasteiger partial charge in [-0.15, -0.1) is 0 Å². The van der Waals surface area contributed by atoms with Crippen molar-refractivity contribution in [3.63, 3.8) is 0 Å². The van der Waals surface area contributed by atoms with Crippen LogP contribution in [0.25, 0.3) is 0 Å². The van der Waals surface area contributed by atoms with E-state index in [1.807, 2.05) is 0 Å². The van der Waals surface area contributed by atoms with Gasteiger partial charge in [0.2, 0.25) is 0 Å². The van der Waals surface area contributed by atoms with Crippen molar-refractivity contribution in [1.29, 1.82) is 0 Å². The zero-order valence-corrected chi connectivity index (χ0v) is 11.8. The number of hydrogen-bond donors (Lipinski definition) is 1. The molecule has 0 aromatic carbocycles. The normalized spacial score (nSPS) is 34.9. The first-order valence-electron chi connectivity index (χ1n) is 7.76. The molecule has 2 atom stereocenters. The first-order valence-corrected chi connectivity index (χ1v) is 7.76. The minimum absolute atomic E-state index is 0.693. The molecule has 1 saturated heterocycles. The fourth-order valence-corrected chi connectivity index (χ4v) is 3.47. The van der Waals surface area contributed by atoms with Crippen molar-refractivity contribution in [3.8, 4) is 0 Å². The van der Waals surface area contributed by atoms with Crippen LogP contribution in [0.5, 0.6) is 0 Å². The lowest BCUT2D eigenvalue weighted by Crippen LogP contribution is -2.46. The number of rotatable bonds is 1. The van der Waals surface area contributed by atoms with Crippen molar-refractivity contribution in [2.45, 2.75) is 83.3 Å². The average Bonchev–Trinajstić information content (AvgIpc) is 2.55. The summed E-state index contributed by atoms with van der Waals surface area (Å²) < 4.78 is 0. The van der Waals surface area contributed by atoms with E-state index in [1.165, 1.54) is 64.5 Å². The van der Waals surface area contributed by atoms with Gasteiger partial charge in [0.15, 0.2) is 0 Å². The van der Waals surface area contributed by atoms with Crippen molar-refractivity contribution in [1.82, 2.24) is 10.2 Å². The maximum absolute atomic E-state index is 3.69. The van der Waals surface area contributed by atoms with Crippen LogP contribution in [-0.2, 0) is 0 Å². The second-order valence-electron chi connectivity index (χ2n) is 6.23. The van der Waals surface area contributed by atoms with Crippen LogP contribution in [-0.4, -0.2) is 36.1 Å². The molecule has 1 aliphatic carbocycles. The predicted octanol–water partition coefficient (Wildman–Crippen LogP) is 3.17. The molecule has 1 aliphatic heterocycles. The average molecular weight is 238 g/mol. The quantitative estimate of drug-likeness (QED) is 0.706. The molecule has 0 amide bonds. The Bertz CT molecular complexity index is 197. The SMILES string of the molecule is CC1CCN(C2CCCCCC2)CCC(C)N1. The van der Waals surface area contributed by atoms with Gasteiger partial charge in [-0.1, -0.05) is 25.7 Å². The van der Waals surface area contributed by atoms with Gasteiger partial charge in [-0.3, -0.25) is 0 Å². The predicted molar refractivity (Wildman–Crippen MR) is 74.4 cm³/mol. The highest BCUT2D eigenvalue weighted by molar-refractivity contribution is 4.80. The highest BCUT2D eigenvalue weighted by Crippen LogP contribution is 2.23. The molecule has 0 aromatic rings. The van der Waals surface area contributed by atoms with E-state index in [2.05, 4.69) is 24.1 Å². The summed E-state index contributed by atoms with van der Waals surface area (Å²) >= 11 is 0. The monoisotopic (exact) mass is 238 g/mol. The molecule has 0 bridgehead atoms. The minimum Gasteiger partial charge on any atom is -0.312 e. The fraction of sp³-hybridized carbons (Fsp3) is 1.00. The van der Waals surface area contributed by atoms with Gasteiger partial charge in [0.1, 0.15) is 0 Å². The molecule has 100 valence electrons. The molecule has 2 heteroatoms. The molecule has 17 heavy (non-hydrogen) atoms. The molecular weight excluding hydrogens is 208 g/mol. The third-order valence-electron chi connectivity index (χ3n) is 4.61. The highest BCUT2D eigenvalue weighted by atomic mass is 15.2. The molecule has 2 unspecified atom stereocenters. The Morgan fingerprint density at radius 3 is 1.82 bits per heavy atom. The largest absolute Gasteiger partial charge is 0.312 e. The maximum atomic E-state index is 3.69. The van der Waals surface area contributed by atoms with Gasteiger partial charge in [-0.2, -0.15) is 0 Å². The summed E-state index contributed by atoms with van der Waals surface area (Å²) in [6.07, 6.45) is 11.4. The third-order valence-corrected chi connectivity index (χ3v) is 4.61. The van der Waals surface area contributed by atoms with Crippen LogP contribution in [0.15, 0.2) is 0 Å². The summed E-state index contributed by atoms with van der Waals surface area (Å²) in [4.78, 5) is 2.80. The standard InChI is InChI=1S/C15H30N2/c1-13-9-11-17(12-10-14(2)16-13)15-7-5-3-4-6-8-15/h13-16H,3-12H2,1-2H3. The van der Waals surface area contributed by atoms with Gasteiger partial charge in [-0.05, 0) is 52.6 Å². The molecule has 1 heterocycles. The maximum Gasteiger partial charge on any atom is 0.00952 e. The summed E-state index contributed by atoms with van der Waals surface area (Å²) in [5.74, 6) is 0.